The fourth-order valence-electron chi connectivity index (χ4n) is 3.39. The summed E-state index contributed by atoms with van der Waals surface area (Å²) < 4.78 is 26.7. The number of hydrogen-bond acceptors (Lipinski definition) is 8. The van der Waals surface area contributed by atoms with Crippen LogP contribution >= 0.6 is 0 Å². The quantitative estimate of drug-likeness (QED) is 0.672. The first-order valence-corrected chi connectivity index (χ1v) is 9.82. The lowest BCUT2D eigenvalue weighted by atomic mass is 9.86. The van der Waals surface area contributed by atoms with E-state index in [1.54, 1.807) is 46.3 Å². The van der Waals surface area contributed by atoms with Crippen LogP contribution in [0.1, 0.15) is 25.3 Å². The second kappa shape index (κ2) is 9.42. The lowest BCUT2D eigenvalue weighted by Gasteiger charge is -2.27. The van der Waals surface area contributed by atoms with Gasteiger partial charge in [0.1, 0.15) is 28.7 Å². The molecule has 0 aromatic heterocycles. The highest BCUT2D eigenvalue weighted by atomic mass is 16.5. The zero-order valence-corrected chi connectivity index (χ0v) is 17.9. The van der Waals surface area contributed by atoms with Crippen molar-refractivity contribution in [3.8, 4) is 28.4 Å². The summed E-state index contributed by atoms with van der Waals surface area (Å²) >= 11 is 0. The van der Waals surface area contributed by atoms with E-state index in [-0.39, 0.29) is 24.7 Å². The molecule has 0 amide bonds. The number of methoxy groups -OCH3 is 2. The van der Waals surface area contributed by atoms with Crippen LogP contribution in [0.2, 0.25) is 0 Å². The van der Waals surface area contributed by atoms with Crippen molar-refractivity contribution in [3.63, 3.8) is 0 Å². The molecule has 3 rings (SSSR count). The summed E-state index contributed by atoms with van der Waals surface area (Å²) in [5.74, 6) is -1.00. The Morgan fingerprint density at radius 3 is 2.16 bits per heavy atom. The van der Waals surface area contributed by atoms with Crippen molar-refractivity contribution in [3.05, 3.63) is 53.4 Å². The number of ether oxygens (including phenoxy) is 5. The Balaban J connectivity index is 2.15. The standard InChI is InChI=1S/C23H25NO7/c1-5-29-22(25)19-17-11-13(14-9-15(27-3)12-16(10-14)28-4)7-8-18(17)31-21(24)20(19)23(26)30-6-2/h7-12,19H,5-6,24H2,1-4H3. The highest BCUT2D eigenvalue weighted by Crippen LogP contribution is 2.42. The third-order valence-corrected chi connectivity index (χ3v) is 4.80. The van der Waals surface area contributed by atoms with Crippen molar-refractivity contribution >= 4 is 11.9 Å². The molecule has 0 aliphatic carbocycles. The second-order valence-corrected chi connectivity index (χ2v) is 6.64. The molecule has 8 heteroatoms. The van der Waals surface area contributed by atoms with Crippen molar-refractivity contribution in [2.75, 3.05) is 27.4 Å². The third kappa shape index (κ3) is 4.42. The van der Waals surface area contributed by atoms with E-state index in [0.717, 1.165) is 11.1 Å². The molecule has 31 heavy (non-hydrogen) atoms. The van der Waals surface area contributed by atoms with Gasteiger partial charge in [-0.2, -0.15) is 0 Å². The Labute approximate surface area is 180 Å². The van der Waals surface area contributed by atoms with E-state index in [4.69, 9.17) is 29.4 Å². The van der Waals surface area contributed by atoms with E-state index in [1.807, 2.05) is 18.2 Å². The summed E-state index contributed by atoms with van der Waals surface area (Å²) in [6, 6.07) is 10.7. The molecule has 0 bridgehead atoms. The number of carbonyl (C=O) groups is 2. The van der Waals surface area contributed by atoms with Crippen molar-refractivity contribution in [1.29, 1.82) is 0 Å². The number of rotatable bonds is 7. The van der Waals surface area contributed by atoms with Gasteiger partial charge >= 0.3 is 11.9 Å². The first-order chi connectivity index (χ1) is 14.9. The van der Waals surface area contributed by atoms with Crippen molar-refractivity contribution in [2.24, 2.45) is 5.73 Å². The molecule has 2 aromatic carbocycles. The number of fused-ring (bicyclic) bond motifs is 1. The van der Waals surface area contributed by atoms with Gasteiger partial charge in [-0.25, -0.2) is 4.79 Å². The largest absolute Gasteiger partial charge is 0.497 e. The molecule has 0 spiro atoms. The Morgan fingerprint density at radius 1 is 0.935 bits per heavy atom. The van der Waals surface area contributed by atoms with Crippen LogP contribution in [0.4, 0.5) is 0 Å². The molecule has 1 heterocycles. The third-order valence-electron chi connectivity index (χ3n) is 4.80. The normalized spacial score (nSPS) is 14.9. The van der Waals surface area contributed by atoms with Gasteiger partial charge in [0.05, 0.1) is 27.4 Å². The lowest BCUT2D eigenvalue weighted by molar-refractivity contribution is -0.147. The van der Waals surface area contributed by atoms with Gasteiger partial charge < -0.3 is 29.4 Å². The summed E-state index contributed by atoms with van der Waals surface area (Å²) in [5, 5.41) is 0. The van der Waals surface area contributed by atoms with Crippen molar-refractivity contribution in [1.82, 2.24) is 0 Å². The number of nitrogens with two attached hydrogens (primary N) is 1. The maximum atomic E-state index is 12.9. The van der Waals surface area contributed by atoms with E-state index in [1.165, 1.54) is 0 Å². The maximum absolute atomic E-state index is 12.9. The molecule has 2 aromatic rings. The number of hydrogen-bond donors (Lipinski definition) is 1. The van der Waals surface area contributed by atoms with Crippen molar-refractivity contribution in [2.45, 2.75) is 19.8 Å². The average molecular weight is 427 g/mol. The minimum absolute atomic E-state index is 0.0758. The predicted octanol–water partition coefficient (Wildman–Crippen LogP) is 3.14. The van der Waals surface area contributed by atoms with Crippen LogP contribution in [-0.4, -0.2) is 39.4 Å². The van der Waals surface area contributed by atoms with Crippen LogP contribution in [0, 0.1) is 0 Å². The fourth-order valence-corrected chi connectivity index (χ4v) is 3.39. The molecule has 1 unspecified atom stereocenters. The predicted molar refractivity (Wildman–Crippen MR) is 113 cm³/mol. The highest BCUT2D eigenvalue weighted by Gasteiger charge is 2.40. The molecule has 0 fully saturated rings. The van der Waals surface area contributed by atoms with Crippen LogP contribution in [0.15, 0.2) is 47.9 Å². The maximum Gasteiger partial charge on any atom is 0.340 e. The van der Waals surface area contributed by atoms with Gasteiger partial charge in [-0.15, -0.1) is 0 Å². The Bertz CT molecular complexity index is 1010. The number of benzene rings is 2. The van der Waals surface area contributed by atoms with Crippen LogP contribution in [0.5, 0.6) is 17.2 Å². The van der Waals surface area contributed by atoms with E-state index in [0.29, 0.717) is 22.8 Å². The van der Waals surface area contributed by atoms with Crippen LogP contribution in [0.25, 0.3) is 11.1 Å². The second-order valence-electron chi connectivity index (χ2n) is 6.64. The molecule has 2 N–H and O–H groups in total. The van der Waals surface area contributed by atoms with Gasteiger partial charge in [0.25, 0.3) is 0 Å². The first kappa shape index (κ1) is 22.0. The zero-order valence-electron chi connectivity index (χ0n) is 17.9. The van der Waals surface area contributed by atoms with E-state index in [9.17, 15) is 9.59 Å². The Kier molecular flexibility index (Phi) is 6.69. The summed E-state index contributed by atoms with van der Waals surface area (Å²) in [5.41, 5.74) is 7.92. The van der Waals surface area contributed by atoms with E-state index >= 15 is 0 Å². The topological polar surface area (TPSA) is 106 Å². The minimum atomic E-state index is -1.07. The summed E-state index contributed by atoms with van der Waals surface area (Å²) in [4.78, 5) is 25.4. The van der Waals surface area contributed by atoms with Gasteiger partial charge in [0.15, 0.2) is 0 Å². The van der Waals surface area contributed by atoms with Gasteiger partial charge in [0, 0.05) is 11.6 Å². The van der Waals surface area contributed by atoms with Crippen LogP contribution in [0.3, 0.4) is 0 Å². The lowest BCUT2D eigenvalue weighted by Crippen LogP contribution is -2.31. The van der Waals surface area contributed by atoms with Gasteiger partial charge in [0.2, 0.25) is 5.88 Å². The SMILES string of the molecule is CCOC(=O)C1=C(N)Oc2ccc(-c3cc(OC)cc(OC)c3)cc2C1C(=O)OCC. The average Bonchev–Trinajstić information content (AvgIpc) is 2.77. The summed E-state index contributed by atoms with van der Waals surface area (Å²) in [6.45, 7) is 3.63. The van der Waals surface area contributed by atoms with Gasteiger partial charge in [-0.05, 0) is 49.2 Å². The monoisotopic (exact) mass is 427 g/mol. The molecular weight excluding hydrogens is 402 g/mol. The highest BCUT2D eigenvalue weighted by molar-refractivity contribution is 6.00. The number of esters is 2. The van der Waals surface area contributed by atoms with Crippen molar-refractivity contribution < 1.29 is 33.3 Å². The Hall–Kier alpha value is -3.68. The zero-order chi connectivity index (χ0) is 22.5. The molecule has 1 aliphatic rings. The molecular formula is C23H25NO7. The summed E-state index contributed by atoms with van der Waals surface area (Å²) in [6.07, 6.45) is 0. The smallest absolute Gasteiger partial charge is 0.340 e. The molecule has 0 saturated carbocycles. The molecule has 0 radical (unpaired) electrons. The Morgan fingerprint density at radius 2 is 1.58 bits per heavy atom. The van der Waals surface area contributed by atoms with E-state index in [2.05, 4.69) is 0 Å². The summed E-state index contributed by atoms with van der Waals surface area (Å²) in [7, 11) is 3.13. The van der Waals surface area contributed by atoms with Crippen LogP contribution in [-0.2, 0) is 19.1 Å². The first-order valence-electron chi connectivity index (χ1n) is 9.82. The minimum Gasteiger partial charge on any atom is -0.497 e. The van der Waals surface area contributed by atoms with E-state index < -0.39 is 17.9 Å². The fraction of sp³-hybridized carbons (Fsp3) is 0.304. The molecule has 164 valence electrons. The molecule has 1 aliphatic heterocycles. The molecule has 8 nitrogen and oxygen atoms in total. The van der Waals surface area contributed by atoms with Gasteiger partial charge in [-0.1, -0.05) is 6.07 Å². The van der Waals surface area contributed by atoms with Gasteiger partial charge in [-0.3, -0.25) is 4.79 Å². The number of carbonyl (C=O) groups excluding carboxylic acids is 2. The molecule has 1 atom stereocenters. The van der Waals surface area contributed by atoms with Crippen LogP contribution < -0.4 is 19.9 Å². The molecule has 0 saturated heterocycles.